The number of hydrogen-bond donors (Lipinski definition) is 1. The monoisotopic (exact) mass is 750 g/mol. The quantitative estimate of drug-likeness (QED) is 0.248. The van der Waals surface area contributed by atoms with Gasteiger partial charge in [-0.25, -0.2) is 16.8 Å². The number of methoxy groups -OCH3 is 1. The number of amides is 2. The van der Waals surface area contributed by atoms with Gasteiger partial charge >= 0.3 is 0 Å². The van der Waals surface area contributed by atoms with Crippen molar-refractivity contribution in [2.24, 2.45) is 0 Å². The highest BCUT2D eigenvalue weighted by molar-refractivity contribution is 7.92. The van der Waals surface area contributed by atoms with Crippen LogP contribution in [0.25, 0.3) is 0 Å². The molecule has 2 heterocycles. The molecule has 2 aliphatic carbocycles. The van der Waals surface area contributed by atoms with E-state index in [4.69, 9.17) is 4.74 Å². The highest BCUT2D eigenvalue weighted by atomic mass is 32.2. The Labute approximate surface area is 307 Å². The zero-order chi connectivity index (χ0) is 37.7. The first-order valence-electron chi connectivity index (χ1n) is 17.0. The molecule has 2 fully saturated rings. The van der Waals surface area contributed by atoms with E-state index in [-0.39, 0.29) is 38.5 Å². The molecular weight excluding hydrogens is 717 g/mol. The fourth-order valence-corrected chi connectivity index (χ4v) is 10.2. The van der Waals surface area contributed by atoms with Crippen LogP contribution in [0.3, 0.4) is 0 Å². The number of benzene rings is 4. The Morgan fingerprint density at radius 3 is 1.57 bits per heavy atom. The second kappa shape index (κ2) is 13.7. The number of fused-ring (bicyclic) bond motifs is 2. The van der Waals surface area contributed by atoms with Crippen molar-refractivity contribution in [1.82, 2.24) is 0 Å². The second-order valence-electron chi connectivity index (χ2n) is 13.5. The third-order valence-corrected chi connectivity index (χ3v) is 13.6. The molecule has 0 saturated heterocycles. The minimum absolute atomic E-state index is 0.0353. The Kier molecular flexibility index (Phi) is 9.22. The first-order chi connectivity index (χ1) is 25.4. The molecule has 0 atom stereocenters. The van der Waals surface area contributed by atoms with Crippen LogP contribution in [0.15, 0.2) is 82.6 Å². The predicted molar refractivity (Wildman–Crippen MR) is 194 cm³/mol. The van der Waals surface area contributed by atoms with Crippen molar-refractivity contribution >= 4 is 42.9 Å². The van der Waals surface area contributed by atoms with E-state index in [9.17, 15) is 42.1 Å². The number of hydrogen-bond acceptors (Lipinski definition) is 10. The average molecular weight is 751 g/mol. The molecule has 0 bridgehead atoms. The summed E-state index contributed by atoms with van der Waals surface area (Å²) in [6.07, 6.45) is 5.92. The summed E-state index contributed by atoms with van der Waals surface area (Å²) in [5, 5.41) is 29.1. The number of carbonyl (C=O) groups is 2. The van der Waals surface area contributed by atoms with Gasteiger partial charge in [0.05, 0.1) is 39.4 Å². The molecule has 2 aliphatic heterocycles. The summed E-state index contributed by atoms with van der Waals surface area (Å²) in [6, 6.07) is 23.0. The number of anilines is 2. The third-order valence-electron chi connectivity index (χ3n) is 10.4. The van der Waals surface area contributed by atoms with E-state index in [1.165, 1.54) is 41.2 Å². The molecule has 2 saturated carbocycles. The molecule has 4 aliphatic rings. The molecular formula is C39H34N4O8S2. The standard InChI is InChI=1S/C20H18N2O4S.C19H16N2O4S/c1-26-19-15(11-21)9-14(10-16(19)13-5-4-6-13)20(23)22-12-27(24,25)18-8-3-2-7-17(18)22;20-10-14-8-13(9-15(18(14)22)12-4-3-5-12)19(23)21-11-26(24,25)17-7-2-1-6-16(17)21/h2-3,7-10,13H,4-6,12H2,1H3;1-2,6-9,12,22H,3-5,11H2. The number of ether oxygens (including phenoxy) is 1. The van der Waals surface area contributed by atoms with Crippen molar-refractivity contribution in [3.63, 3.8) is 0 Å². The summed E-state index contributed by atoms with van der Waals surface area (Å²) in [5.74, 6) is -0.918. The lowest BCUT2D eigenvalue weighted by Gasteiger charge is -2.28. The van der Waals surface area contributed by atoms with Crippen molar-refractivity contribution < 1.29 is 36.3 Å². The number of rotatable bonds is 5. The number of carbonyl (C=O) groups excluding carboxylic acids is 2. The van der Waals surface area contributed by atoms with Crippen molar-refractivity contribution in [3.8, 4) is 23.6 Å². The molecule has 270 valence electrons. The van der Waals surface area contributed by atoms with Gasteiger partial charge in [-0.15, -0.1) is 0 Å². The van der Waals surface area contributed by atoms with Gasteiger partial charge in [-0.3, -0.25) is 19.4 Å². The van der Waals surface area contributed by atoms with Gasteiger partial charge < -0.3 is 9.84 Å². The molecule has 4 aromatic rings. The van der Waals surface area contributed by atoms with E-state index >= 15 is 0 Å². The van der Waals surface area contributed by atoms with Crippen molar-refractivity contribution in [2.45, 2.75) is 60.2 Å². The first kappa shape index (κ1) is 35.7. The van der Waals surface area contributed by atoms with Crippen LogP contribution in [0.5, 0.6) is 11.5 Å². The van der Waals surface area contributed by atoms with Gasteiger partial charge in [0.15, 0.2) is 19.7 Å². The van der Waals surface area contributed by atoms with E-state index in [0.29, 0.717) is 33.8 Å². The molecule has 4 aromatic carbocycles. The van der Waals surface area contributed by atoms with Crippen LogP contribution in [0.1, 0.15) is 93.3 Å². The highest BCUT2D eigenvalue weighted by Crippen LogP contribution is 2.44. The maximum Gasteiger partial charge on any atom is 0.259 e. The van der Waals surface area contributed by atoms with E-state index in [1.807, 2.05) is 6.07 Å². The minimum atomic E-state index is -3.56. The predicted octanol–water partition coefficient (Wildman–Crippen LogP) is 6.15. The maximum absolute atomic E-state index is 13.2. The molecule has 1 N–H and O–H groups in total. The Morgan fingerprint density at radius 2 is 1.13 bits per heavy atom. The molecule has 2 amide bonds. The van der Waals surface area contributed by atoms with Crippen molar-refractivity contribution in [2.75, 3.05) is 28.7 Å². The number of phenols is 1. The summed E-state index contributed by atoms with van der Waals surface area (Å²) in [4.78, 5) is 28.9. The van der Waals surface area contributed by atoms with Crippen molar-refractivity contribution in [3.05, 3.63) is 106 Å². The lowest BCUT2D eigenvalue weighted by atomic mass is 9.78. The van der Waals surface area contributed by atoms with Crippen molar-refractivity contribution in [1.29, 1.82) is 10.5 Å². The maximum atomic E-state index is 13.2. The molecule has 14 heteroatoms. The zero-order valence-corrected chi connectivity index (χ0v) is 30.3. The summed E-state index contributed by atoms with van der Waals surface area (Å²) in [5.41, 5.74) is 3.01. The van der Waals surface area contributed by atoms with Gasteiger partial charge in [0.2, 0.25) is 0 Å². The SMILES string of the molecule is COc1c(C#N)cc(C(=O)N2CS(=O)(=O)c3ccccc32)cc1C1CCC1.N#Cc1cc(C(=O)N2CS(=O)(=O)c3ccccc32)cc(C2CCC2)c1O. The third kappa shape index (κ3) is 6.28. The first-order valence-corrected chi connectivity index (χ1v) is 20.3. The molecule has 0 spiro atoms. The van der Waals surface area contributed by atoms with Gasteiger partial charge in [-0.1, -0.05) is 37.1 Å². The Bertz CT molecular complexity index is 2500. The second-order valence-corrected chi connectivity index (χ2v) is 17.3. The van der Waals surface area contributed by atoms with Crippen LogP contribution in [0.2, 0.25) is 0 Å². The average Bonchev–Trinajstić information content (AvgIpc) is 3.55. The Hall–Kier alpha value is -5.70. The molecule has 8 rings (SSSR count). The number of sulfone groups is 2. The lowest BCUT2D eigenvalue weighted by molar-refractivity contribution is 0.0983. The molecule has 0 aromatic heterocycles. The van der Waals surface area contributed by atoms with Crippen LogP contribution in [0, 0.1) is 22.7 Å². The summed E-state index contributed by atoms with van der Waals surface area (Å²) < 4.78 is 54.8. The molecule has 0 unspecified atom stereocenters. The van der Waals surface area contributed by atoms with Crippen LogP contribution in [-0.2, 0) is 19.7 Å². The summed E-state index contributed by atoms with van der Waals surface area (Å²) in [6.45, 7) is 0. The largest absolute Gasteiger partial charge is 0.506 e. The fourth-order valence-electron chi connectivity index (χ4n) is 7.16. The Morgan fingerprint density at radius 1 is 0.698 bits per heavy atom. The number of para-hydroxylation sites is 2. The van der Waals surface area contributed by atoms with Crippen LogP contribution >= 0.6 is 0 Å². The van der Waals surface area contributed by atoms with E-state index < -0.39 is 43.2 Å². The van der Waals surface area contributed by atoms with Crippen LogP contribution < -0.4 is 14.5 Å². The molecule has 53 heavy (non-hydrogen) atoms. The number of phenolic OH excluding ortho intramolecular Hbond substituents is 1. The highest BCUT2D eigenvalue weighted by Gasteiger charge is 2.38. The normalized spacial score (nSPS) is 17.9. The fraction of sp³-hybridized carbons (Fsp3) is 0.282. The van der Waals surface area contributed by atoms with Crippen LogP contribution in [-0.4, -0.2) is 52.6 Å². The number of aromatic hydroxyl groups is 1. The van der Waals surface area contributed by atoms with Gasteiger partial charge in [0.1, 0.15) is 35.4 Å². The molecule has 0 radical (unpaired) electrons. The number of nitrogens with zero attached hydrogens (tertiary/aromatic N) is 4. The van der Waals surface area contributed by atoms with Gasteiger partial charge in [0.25, 0.3) is 11.8 Å². The summed E-state index contributed by atoms with van der Waals surface area (Å²) >= 11 is 0. The van der Waals surface area contributed by atoms with E-state index in [0.717, 1.165) is 44.1 Å². The van der Waals surface area contributed by atoms with Gasteiger partial charge in [0, 0.05) is 11.1 Å². The number of nitriles is 2. The topological polar surface area (TPSA) is 186 Å². The Balaban J connectivity index is 0.000000164. The smallest absolute Gasteiger partial charge is 0.259 e. The minimum Gasteiger partial charge on any atom is -0.506 e. The van der Waals surface area contributed by atoms with Gasteiger partial charge in [-0.2, -0.15) is 10.5 Å². The van der Waals surface area contributed by atoms with Gasteiger partial charge in [-0.05, 0) is 97.2 Å². The van der Waals surface area contributed by atoms with E-state index in [2.05, 4.69) is 6.07 Å². The zero-order valence-electron chi connectivity index (χ0n) is 28.7. The molecule has 12 nitrogen and oxygen atoms in total. The van der Waals surface area contributed by atoms with E-state index in [1.54, 1.807) is 48.5 Å². The summed E-state index contributed by atoms with van der Waals surface area (Å²) in [7, 11) is -5.58. The lowest BCUT2D eigenvalue weighted by Crippen LogP contribution is -2.30. The van der Waals surface area contributed by atoms with Crippen LogP contribution in [0.4, 0.5) is 11.4 Å².